The summed E-state index contributed by atoms with van der Waals surface area (Å²) in [5.74, 6) is -0.483. The van der Waals surface area contributed by atoms with Gasteiger partial charge in [-0.15, -0.1) is 0 Å². The number of fused-ring (bicyclic) bond motifs is 1. The number of halogens is 1. The van der Waals surface area contributed by atoms with Gasteiger partial charge in [-0.25, -0.2) is 19.3 Å². The first-order valence-electron chi connectivity index (χ1n) is 8.09. The molecule has 0 radical (unpaired) electrons. The molecule has 0 aliphatic heterocycles. The van der Waals surface area contributed by atoms with Crippen LogP contribution in [0, 0.1) is 6.92 Å². The third-order valence-corrected chi connectivity index (χ3v) is 4.38. The number of aromatic amines is 1. The van der Waals surface area contributed by atoms with Gasteiger partial charge in [0.2, 0.25) is 0 Å². The van der Waals surface area contributed by atoms with Crippen molar-refractivity contribution < 1.29 is 4.79 Å². The highest BCUT2D eigenvalue weighted by atomic mass is 35.5. The highest BCUT2D eigenvalue weighted by Crippen LogP contribution is 2.23. The molecular formula is C19H14ClN5O2. The molecule has 3 N–H and O–H groups in total. The van der Waals surface area contributed by atoms with E-state index in [0.29, 0.717) is 16.3 Å². The molecule has 4 aromatic rings. The molecule has 1 amide bonds. The summed E-state index contributed by atoms with van der Waals surface area (Å²) in [4.78, 5) is 35.9. The quantitative estimate of drug-likeness (QED) is 0.570. The van der Waals surface area contributed by atoms with E-state index in [2.05, 4.69) is 15.0 Å². The number of nitrogens with one attached hydrogen (secondary N) is 1. The summed E-state index contributed by atoms with van der Waals surface area (Å²) in [5.41, 5.74) is 7.75. The van der Waals surface area contributed by atoms with Crippen molar-refractivity contribution in [2.45, 2.75) is 6.92 Å². The lowest BCUT2D eigenvalue weighted by atomic mass is 10.2. The summed E-state index contributed by atoms with van der Waals surface area (Å²) >= 11 is 5.93. The number of aromatic nitrogens is 4. The second kappa shape index (κ2) is 6.37. The van der Waals surface area contributed by atoms with Crippen LogP contribution in [0.1, 0.15) is 16.1 Å². The number of rotatable bonds is 3. The lowest BCUT2D eigenvalue weighted by molar-refractivity contribution is 0.0997. The summed E-state index contributed by atoms with van der Waals surface area (Å²) in [6, 6.07) is 14.3. The fourth-order valence-electron chi connectivity index (χ4n) is 2.90. The first kappa shape index (κ1) is 17.0. The van der Waals surface area contributed by atoms with E-state index in [1.54, 1.807) is 30.3 Å². The molecule has 0 aliphatic rings. The molecule has 8 heteroatoms. The van der Waals surface area contributed by atoms with Crippen molar-refractivity contribution in [2.24, 2.45) is 5.73 Å². The first-order chi connectivity index (χ1) is 12.9. The van der Waals surface area contributed by atoms with Gasteiger partial charge in [0.25, 0.3) is 5.91 Å². The smallest absolute Gasteiger partial charge is 0.332 e. The topological polar surface area (TPSA) is 107 Å². The molecule has 0 atom stereocenters. The van der Waals surface area contributed by atoms with Crippen LogP contribution in [0.25, 0.3) is 28.2 Å². The van der Waals surface area contributed by atoms with Crippen LogP contribution in [0.5, 0.6) is 0 Å². The van der Waals surface area contributed by atoms with Gasteiger partial charge in [0, 0.05) is 10.6 Å². The van der Waals surface area contributed by atoms with E-state index in [1.807, 2.05) is 25.1 Å². The highest BCUT2D eigenvalue weighted by Gasteiger charge is 2.20. The van der Waals surface area contributed by atoms with Gasteiger partial charge in [-0.1, -0.05) is 23.7 Å². The average Bonchev–Trinajstić information content (AvgIpc) is 2.97. The van der Waals surface area contributed by atoms with Crippen molar-refractivity contribution in [1.82, 2.24) is 19.5 Å². The van der Waals surface area contributed by atoms with Crippen molar-refractivity contribution in [2.75, 3.05) is 0 Å². The van der Waals surface area contributed by atoms with Crippen LogP contribution in [0.2, 0.25) is 5.02 Å². The van der Waals surface area contributed by atoms with E-state index in [1.165, 1.54) is 4.57 Å². The molecule has 2 heterocycles. The fourth-order valence-corrected chi connectivity index (χ4v) is 3.02. The molecular weight excluding hydrogens is 366 g/mol. The summed E-state index contributed by atoms with van der Waals surface area (Å²) in [5, 5.41) is 0.563. The number of carbonyl (C=O) groups excluding carboxylic acids is 1. The number of nitrogens with two attached hydrogens (primary N) is 1. The Bertz CT molecular complexity index is 1240. The van der Waals surface area contributed by atoms with Gasteiger partial charge in [0.05, 0.1) is 5.69 Å². The van der Waals surface area contributed by atoms with Gasteiger partial charge in [-0.05, 0) is 48.9 Å². The van der Waals surface area contributed by atoms with E-state index in [9.17, 15) is 9.59 Å². The van der Waals surface area contributed by atoms with Gasteiger partial charge in [0.1, 0.15) is 5.52 Å². The van der Waals surface area contributed by atoms with E-state index >= 15 is 0 Å². The normalized spacial score (nSPS) is 11.0. The second-order valence-electron chi connectivity index (χ2n) is 6.07. The minimum atomic E-state index is -0.754. The molecule has 2 aromatic heterocycles. The summed E-state index contributed by atoms with van der Waals surface area (Å²) in [6.07, 6.45) is 0. The number of hydrogen-bond acceptors (Lipinski definition) is 4. The first-order valence-corrected chi connectivity index (χ1v) is 8.47. The van der Waals surface area contributed by atoms with Crippen LogP contribution in [-0.4, -0.2) is 25.4 Å². The number of amides is 1. The number of H-pyrrole nitrogens is 1. The Morgan fingerprint density at radius 3 is 2.56 bits per heavy atom. The zero-order valence-electron chi connectivity index (χ0n) is 14.2. The van der Waals surface area contributed by atoms with Crippen LogP contribution < -0.4 is 11.4 Å². The predicted octanol–water partition coefficient (Wildman–Crippen LogP) is 2.84. The Morgan fingerprint density at radius 2 is 1.89 bits per heavy atom. The zero-order chi connectivity index (χ0) is 19.1. The minimum Gasteiger partial charge on any atom is -0.364 e. The van der Waals surface area contributed by atoms with Gasteiger partial charge in [-0.2, -0.15) is 0 Å². The number of aryl methyl sites for hydroxylation is 1. The van der Waals surface area contributed by atoms with Crippen molar-refractivity contribution in [3.8, 4) is 17.1 Å². The SMILES string of the molecule is Cc1cccc(-n2c(=O)[nH]c3c(C(N)=O)nc(-c4ccc(Cl)cc4)nc32)c1. The van der Waals surface area contributed by atoms with Crippen LogP contribution in [0.15, 0.2) is 53.3 Å². The maximum atomic E-state index is 12.6. The Morgan fingerprint density at radius 1 is 1.15 bits per heavy atom. The van der Waals surface area contributed by atoms with E-state index in [-0.39, 0.29) is 22.7 Å². The van der Waals surface area contributed by atoms with Gasteiger partial charge in [0.15, 0.2) is 17.2 Å². The molecule has 0 saturated heterocycles. The van der Waals surface area contributed by atoms with Crippen molar-refractivity contribution in [3.05, 3.63) is 75.3 Å². The lowest BCUT2D eigenvalue weighted by Gasteiger charge is -2.07. The summed E-state index contributed by atoms with van der Waals surface area (Å²) < 4.78 is 1.40. The van der Waals surface area contributed by atoms with E-state index in [0.717, 1.165) is 5.56 Å². The number of nitrogens with zero attached hydrogens (tertiary/aromatic N) is 3. The molecule has 0 bridgehead atoms. The molecule has 134 valence electrons. The third-order valence-electron chi connectivity index (χ3n) is 4.13. The fraction of sp³-hybridized carbons (Fsp3) is 0.0526. The molecule has 0 aliphatic carbocycles. The van der Waals surface area contributed by atoms with E-state index < -0.39 is 11.6 Å². The third kappa shape index (κ3) is 2.98. The summed E-state index contributed by atoms with van der Waals surface area (Å²) in [7, 11) is 0. The maximum Gasteiger partial charge on any atom is 0.332 e. The Labute approximate surface area is 158 Å². The maximum absolute atomic E-state index is 12.6. The lowest BCUT2D eigenvalue weighted by Crippen LogP contribution is -2.15. The highest BCUT2D eigenvalue weighted by molar-refractivity contribution is 6.30. The van der Waals surface area contributed by atoms with Gasteiger partial charge < -0.3 is 10.7 Å². The monoisotopic (exact) mass is 379 g/mol. The van der Waals surface area contributed by atoms with Crippen molar-refractivity contribution >= 4 is 28.7 Å². The van der Waals surface area contributed by atoms with Crippen molar-refractivity contribution in [3.63, 3.8) is 0 Å². The summed E-state index contributed by atoms with van der Waals surface area (Å²) in [6.45, 7) is 1.92. The molecule has 0 saturated carbocycles. The number of primary amides is 1. The molecule has 27 heavy (non-hydrogen) atoms. The van der Waals surface area contributed by atoms with Crippen LogP contribution in [0.3, 0.4) is 0 Å². The average molecular weight is 380 g/mol. The number of imidazole rings is 1. The minimum absolute atomic E-state index is 0.0477. The van der Waals surface area contributed by atoms with Crippen LogP contribution >= 0.6 is 11.6 Å². The van der Waals surface area contributed by atoms with Gasteiger partial charge in [-0.3, -0.25) is 4.79 Å². The number of carbonyl (C=O) groups is 1. The molecule has 0 fully saturated rings. The molecule has 7 nitrogen and oxygen atoms in total. The number of benzene rings is 2. The van der Waals surface area contributed by atoms with Gasteiger partial charge >= 0.3 is 5.69 Å². The largest absolute Gasteiger partial charge is 0.364 e. The zero-order valence-corrected chi connectivity index (χ0v) is 15.0. The molecule has 4 rings (SSSR count). The molecule has 0 unspecified atom stereocenters. The van der Waals surface area contributed by atoms with E-state index in [4.69, 9.17) is 17.3 Å². The Hall–Kier alpha value is -3.45. The van der Waals surface area contributed by atoms with Crippen LogP contribution in [-0.2, 0) is 0 Å². The number of hydrogen-bond donors (Lipinski definition) is 2. The second-order valence-corrected chi connectivity index (χ2v) is 6.51. The Kier molecular flexibility index (Phi) is 4.01. The van der Waals surface area contributed by atoms with Crippen molar-refractivity contribution in [1.29, 1.82) is 0 Å². The van der Waals surface area contributed by atoms with Crippen LogP contribution in [0.4, 0.5) is 0 Å². The predicted molar refractivity (Wildman–Crippen MR) is 103 cm³/mol. The molecule has 2 aromatic carbocycles. The molecule has 0 spiro atoms. The standard InChI is InChI=1S/C19H14ClN5O2/c1-10-3-2-4-13(9-10)25-18-15(23-19(25)27)14(16(21)26)22-17(24-18)11-5-7-12(20)8-6-11/h2-9H,1H3,(H2,21,26)(H,23,27). The Balaban J connectivity index is 2.06.